The average molecular weight is 407 g/mol. The molecule has 4 nitrogen and oxygen atoms in total. The SMILES string of the molecule is CN(Cc1ccc(F)c(Br)c1)C(=O)c1cc(=O)[nH]c2ccc(F)cc12. The number of aromatic amines is 1. The van der Waals surface area contributed by atoms with Gasteiger partial charge in [0.05, 0.1) is 10.0 Å². The summed E-state index contributed by atoms with van der Waals surface area (Å²) in [6.07, 6.45) is 0. The summed E-state index contributed by atoms with van der Waals surface area (Å²) in [5, 5.41) is 0.330. The molecule has 0 unspecified atom stereocenters. The Kier molecular flexibility index (Phi) is 4.67. The number of hydrogen-bond acceptors (Lipinski definition) is 2. The molecule has 0 aliphatic carbocycles. The molecule has 0 saturated heterocycles. The van der Waals surface area contributed by atoms with E-state index in [2.05, 4.69) is 20.9 Å². The fourth-order valence-corrected chi connectivity index (χ4v) is 3.02. The number of benzene rings is 2. The van der Waals surface area contributed by atoms with Crippen LogP contribution in [0.4, 0.5) is 8.78 Å². The molecule has 0 spiro atoms. The van der Waals surface area contributed by atoms with Crippen LogP contribution in [0.15, 0.2) is 51.7 Å². The van der Waals surface area contributed by atoms with Gasteiger partial charge in [0.1, 0.15) is 11.6 Å². The molecule has 0 aliphatic heterocycles. The molecule has 1 heterocycles. The zero-order valence-electron chi connectivity index (χ0n) is 13.1. The predicted octanol–water partition coefficient (Wildman–Crippen LogP) is 3.84. The Hall–Kier alpha value is -2.54. The highest BCUT2D eigenvalue weighted by atomic mass is 79.9. The molecular weight excluding hydrogens is 394 g/mol. The summed E-state index contributed by atoms with van der Waals surface area (Å²) in [7, 11) is 1.56. The third kappa shape index (κ3) is 3.61. The maximum absolute atomic E-state index is 13.6. The van der Waals surface area contributed by atoms with E-state index in [0.29, 0.717) is 20.9 Å². The Morgan fingerprint density at radius 2 is 1.92 bits per heavy atom. The fourth-order valence-electron chi connectivity index (χ4n) is 2.59. The lowest BCUT2D eigenvalue weighted by Crippen LogP contribution is -2.27. The monoisotopic (exact) mass is 406 g/mol. The molecule has 0 bridgehead atoms. The van der Waals surface area contributed by atoms with Crippen LogP contribution in [-0.2, 0) is 6.54 Å². The molecule has 25 heavy (non-hydrogen) atoms. The summed E-state index contributed by atoms with van der Waals surface area (Å²) in [5.74, 6) is -1.32. The largest absolute Gasteiger partial charge is 0.337 e. The van der Waals surface area contributed by atoms with E-state index < -0.39 is 23.1 Å². The highest BCUT2D eigenvalue weighted by molar-refractivity contribution is 9.10. The van der Waals surface area contributed by atoms with Crippen molar-refractivity contribution in [3.05, 3.63) is 80.1 Å². The van der Waals surface area contributed by atoms with E-state index in [1.54, 1.807) is 19.2 Å². The summed E-state index contributed by atoms with van der Waals surface area (Å²) < 4.78 is 27.2. The lowest BCUT2D eigenvalue weighted by atomic mass is 10.1. The molecule has 0 radical (unpaired) electrons. The summed E-state index contributed by atoms with van der Waals surface area (Å²) in [5.41, 5.74) is 0.766. The minimum absolute atomic E-state index is 0.113. The first-order valence-corrected chi connectivity index (χ1v) is 8.16. The van der Waals surface area contributed by atoms with Crippen LogP contribution in [0, 0.1) is 11.6 Å². The number of amides is 1. The van der Waals surface area contributed by atoms with E-state index in [0.717, 1.165) is 6.07 Å². The first-order valence-electron chi connectivity index (χ1n) is 7.37. The van der Waals surface area contributed by atoms with Gasteiger partial charge in [-0.05, 0) is 51.8 Å². The molecule has 128 valence electrons. The number of aromatic nitrogens is 1. The van der Waals surface area contributed by atoms with Crippen LogP contribution in [0.5, 0.6) is 0 Å². The Morgan fingerprint density at radius 3 is 2.64 bits per heavy atom. The van der Waals surface area contributed by atoms with Gasteiger partial charge in [0, 0.05) is 30.6 Å². The number of nitrogens with one attached hydrogen (secondary N) is 1. The molecule has 0 atom stereocenters. The number of rotatable bonds is 3. The molecule has 0 fully saturated rings. The minimum Gasteiger partial charge on any atom is -0.337 e. The van der Waals surface area contributed by atoms with Crippen molar-refractivity contribution in [3.8, 4) is 0 Å². The van der Waals surface area contributed by atoms with Crippen LogP contribution in [0.2, 0.25) is 0 Å². The normalized spacial score (nSPS) is 10.9. The van der Waals surface area contributed by atoms with Crippen molar-refractivity contribution >= 4 is 32.7 Å². The first-order chi connectivity index (χ1) is 11.8. The van der Waals surface area contributed by atoms with Crippen molar-refractivity contribution in [1.82, 2.24) is 9.88 Å². The van der Waals surface area contributed by atoms with Crippen LogP contribution >= 0.6 is 15.9 Å². The van der Waals surface area contributed by atoms with Crippen LogP contribution in [0.3, 0.4) is 0 Å². The van der Waals surface area contributed by atoms with Gasteiger partial charge >= 0.3 is 0 Å². The Labute approximate surface area is 150 Å². The van der Waals surface area contributed by atoms with Gasteiger partial charge in [-0.1, -0.05) is 6.07 Å². The van der Waals surface area contributed by atoms with Gasteiger partial charge in [0.15, 0.2) is 0 Å². The quantitative estimate of drug-likeness (QED) is 0.718. The lowest BCUT2D eigenvalue weighted by Gasteiger charge is -2.18. The third-order valence-corrected chi connectivity index (χ3v) is 4.39. The smallest absolute Gasteiger partial charge is 0.254 e. The standard InChI is InChI=1S/C18H13BrF2N2O2/c1-23(9-10-2-4-15(21)14(19)6-10)18(25)13-8-17(24)22-16-5-3-11(20)7-12(13)16/h2-8H,9H2,1H3,(H,22,24). The van der Waals surface area contributed by atoms with E-state index in [4.69, 9.17) is 0 Å². The number of carbonyl (C=O) groups is 1. The van der Waals surface area contributed by atoms with Crippen LogP contribution in [-0.4, -0.2) is 22.8 Å². The van der Waals surface area contributed by atoms with E-state index in [-0.39, 0.29) is 12.1 Å². The Balaban J connectivity index is 1.97. The maximum atomic E-state index is 13.6. The minimum atomic E-state index is -0.501. The topological polar surface area (TPSA) is 53.2 Å². The van der Waals surface area contributed by atoms with Crippen molar-refractivity contribution in [2.75, 3.05) is 7.05 Å². The van der Waals surface area contributed by atoms with Gasteiger partial charge in [-0.3, -0.25) is 9.59 Å². The van der Waals surface area contributed by atoms with Crippen molar-refractivity contribution < 1.29 is 13.6 Å². The van der Waals surface area contributed by atoms with E-state index in [1.807, 2.05) is 0 Å². The zero-order chi connectivity index (χ0) is 18.1. The zero-order valence-corrected chi connectivity index (χ0v) is 14.7. The van der Waals surface area contributed by atoms with Gasteiger partial charge in [-0.25, -0.2) is 8.78 Å². The first kappa shape index (κ1) is 17.3. The molecule has 1 N–H and O–H groups in total. The number of hydrogen-bond donors (Lipinski definition) is 1. The summed E-state index contributed by atoms with van der Waals surface area (Å²) in [6.45, 7) is 0.210. The number of pyridine rings is 1. The molecule has 2 aromatic carbocycles. The molecular formula is C18H13BrF2N2O2. The molecule has 0 aliphatic rings. The second-order valence-corrected chi connectivity index (χ2v) is 6.50. The van der Waals surface area contributed by atoms with Crippen molar-refractivity contribution in [1.29, 1.82) is 0 Å². The molecule has 3 rings (SSSR count). The Bertz CT molecular complexity index is 1030. The van der Waals surface area contributed by atoms with Crippen LogP contribution in [0.25, 0.3) is 10.9 Å². The number of carbonyl (C=O) groups excluding carboxylic acids is 1. The molecule has 7 heteroatoms. The number of halogens is 3. The second-order valence-electron chi connectivity index (χ2n) is 5.65. The van der Waals surface area contributed by atoms with Crippen molar-refractivity contribution in [3.63, 3.8) is 0 Å². The van der Waals surface area contributed by atoms with E-state index >= 15 is 0 Å². The highest BCUT2D eigenvalue weighted by Crippen LogP contribution is 2.21. The van der Waals surface area contributed by atoms with Gasteiger partial charge in [0.25, 0.3) is 5.91 Å². The summed E-state index contributed by atoms with van der Waals surface area (Å²) in [6, 6.07) is 9.44. The van der Waals surface area contributed by atoms with Gasteiger partial charge in [0.2, 0.25) is 5.56 Å². The number of H-pyrrole nitrogens is 1. The van der Waals surface area contributed by atoms with E-state index in [9.17, 15) is 18.4 Å². The van der Waals surface area contributed by atoms with Gasteiger partial charge in [-0.2, -0.15) is 0 Å². The van der Waals surface area contributed by atoms with Crippen LogP contribution < -0.4 is 5.56 Å². The predicted molar refractivity (Wildman–Crippen MR) is 94.4 cm³/mol. The molecule has 1 aromatic heterocycles. The third-order valence-electron chi connectivity index (χ3n) is 3.79. The second kappa shape index (κ2) is 6.76. The van der Waals surface area contributed by atoms with Crippen molar-refractivity contribution in [2.45, 2.75) is 6.54 Å². The van der Waals surface area contributed by atoms with E-state index in [1.165, 1.54) is 29.2 Å². The average Bonchev–Trinajstić information content (AvgIpc) is 2.57. The van der Waals surface area contributed by atoms with Crippen LogP contribution in [0.1, 0.15) is 15.9 Å². The maximum Gasteiger partial charge on any atom is 0.254 e. The Morgan fingerprint density at radius 1 is 1.16 bits per heavy atom. The molecule has 1 amide bonds. The number of nitrogens with zero attached hydrogens (tertiary/aromatic N) is 1. The molecule has 0 saturated carbocycles. The molecule has 3 aromatic rings. The van der Waals surface area contributed by atoms with Gasteiger partial charge in [-0.15, -0.1) is 0 Å². The lowest BCUT2D eigenvalue weighted by molar-refractivity contribution is 0.0787. The fraction of sp³-hybridized carbons (Fsp3) is 0.111. The van der Waals surface area contributed by atoms with Gasteiger partial charge < -0.3 is 9.88 Å². The summed E-state index contributed by atoms with van der Waals surface area (Å²) in [4.78, 5) is 28.5. The van der Waals surface area contributed by atoms with Crippen molar-refractivity contribution in [2.24, 2.45) is 0 Å². The highest BCUT2D eigenvalue weighted by Gasteiger charge is 2.17. The summed E-state index contributed by atoms with van der Waals surface area (Å²) >= 11 is 3.10. The number of fused-ring (bicyclic) bond motifs is 1.